The lowest BCUT2D eigenvalue weighted by molar-refractivity contribution is -0.141. The molecule has 0 aromatic heterocycles. The Kier molecular flexibility index (Phi) is 5.93. The minimum absolute atomic E-state index is 0.149. The second-order valence-electron chi connectivity index (χ2n) is 7.50. The third kappa shape index (κ3) is 3.72. The zero-order chi connectivity index (χ0) is 22.8. The average Bonchev–Trinajstić information content (AvgIpc) is 3.24. The highest BCUT2D eigenvalue weighted by Crippen LogP contribution is 2.41. The smallest absolute Gasteiger partial charge is 0.326 e. The number of rotatable bonds is 4. The van der Waals surface area contributed by atoms with Crippen LogP contribution in [0.25, 0.3) is 11.1 Å². The topological polar surface area (TPSA) is 81.4 Å². The first-order valence-corrected chi connectivity index (χ1v) is 10.4. The standard InChI is InChI=1S/C25H18ClFN2O3/c26-19-9-5-4-8-17(19)21-12-13-22(25(31)32)29(21)24(30)23-16(15-6-2-1-3-7-15)10-11-20(27)18(23)14-28/h1-11,21-22H,12-13H2,(H,31,32). The van der Waals surface area contributed by atoms with Crippen LogP contribution in [0.1, 0.15) is 40.4 Å². The number of carbonyl (C=O) groups excluding carboxylic acids is 1. The SMILES string of the molecule is N#Cc1c(F)ccc(-c2ccccc2)c1C(=O)N1C(C(=O)O)CCC1c1ccccc1Cl. The molecule has 0 spiro atoms. The van der Waals surface area contributed by atoms with Gasteiger partial charge in [-0.25, -0.2) is 9.18 Å². The van der Waals surface area contributed by atoms with E-state index in [0.717, 1.165) is 6.07 Å². The number of nitrogens with zero attached hydrogens (tertiary/aromatic N) is 2. The Balaban J connectivity index is 1.92. The van der Waals surface area contributed by atoms with E-state index in [1.54, 1.807) is 60.7 Å². The normalized spacial score (nSPS) is 17.7. The zero-order valence-corrected chi connectivity index (χ0v) is 17.6. The molecule has 1 N–H and O–H groups in total. The molecule has 1 fully saturated rings. The molecule has 2 unspecified atom stereocenters. The molecule has 3 aromatic rings. The summed E-state index contributed by atoms with van der Waals surface area (Å²) >= 11 is 6.36. The molecule has 1 aliphatic rings. The van der Waals surface area contributed by atoms with Gasteiger partial charge < -0.3 is 10.0 Å². The van der Waals surface area contributed by atoms with E-state index in [9.17, 15) is 24.3 Å². The van der Waals surface area contributed by atoms with Crippen molar-refractivity contribution < 1.29 is 19.1 Å². The van der Waals surface area contributed by atoms with Crippen LogP contribution in [0.15, 0.2) is 66.7 Å². The fourth-order valence-corrected chi connectivity index (χ4v) is 4.55. The van der Waals surface area contributed by atoms with Crippen LogP contribution in [-0.2, 0) is 4.79 Å². The largest absolute Gasteiger partial charge is 0.480 e. The van der Waals surface area contributed by atoms with Gasteiger partial charge in [-0.1, -0.05) is 66.2 Å². The zero-order valence-electron chi connectivity index (χ0n) is 16.8. The highest BCUT2D eigenvalue weighted by Gasteiger charge is 2.44. The number of nitriles is 1. The molecule has 1 heterocycles. The molecule has 1 amide bonds. The summed E-state index contributed by atoms with van der Waals surface area (Å²) in [7, 11) is 0. The molecular formula is C25H18ClFN2O3. The van der Waals surface area contributed by atoms with E-state index in [4.69, 9.17) is 11.6 Å². The first kappa shape index (κ1) is 21.5. The number of likely N-dealkylation sites (tertiary alicyclic amines) is 1. The van der Waals surface area contributed by atoms with Crippen molar-refractivity contribution >= 4 is 23.5 Å². The number of hydrogen-bond donors (Lipinski definition) is 1. The van der Waals surface area contributed by atoms with Crippen LogP contribution >= 0.6 is 11.6 Å². The monoisotopic (exact) mass is 448 g/mol. The van der Waals surface area contributed by atoms with Gasteiger partial charge in [0.15, 0.2) is 0 Å². The molecule has 0 aliphatic carbocycles. The maximum absolute atomic E-state index is 14.6. The lowest BCUT2D eigenvalue weighted by Gasteiger charge is -2.30. The highest BCUT2D eigenvalue weighted by atomic mass is 35.5. The highest BCUT2D eigenvalue weighted by molar-refractivity contribution is 6.31. The van der Waals surface area contributed by atoms with Gasteiger partial charge in [0.1, 0.15) is 23.5 Å². The van der Waals surface area contributed by atoms with Gasteiger partial charge in [0.05, 0.1) is 11.6 Å². The summed E-state index contributed by atoms with van der Waals surface area (Å²) in [5.41, 5.74) is 1.03. The lowest BCUT2D eigenvalue weighted by atomic mass is 9.93. The molecular weight excluding hydrogens is 431 g/mol. The maximum atomic E-state index is 14.6. The van der Waals surface area contributed by atoms with E-state index in [1.165, 1.54) is 11.0 Å². The van der Waals surface area contributed by atoms with Crippen molar-refractivity contribution in [3.8, 4) is 17.2 Å². The first-order valence-electron chi connectivity index (χ1n) is 10.0. The van der Waals surface area contributed by atoms with Crippen LogP contribution in [-0.4, -0.2) is 27.9 Å². The Bertz CT molecular complexity index is 1240. The van der Waals surface area contributed by atoms with Crippen molar-refractivity contribution in [2.75, 3.05) is 0 Å². The molecule has 2 atom stereocenters. The molecule has 3 aromatic carbocycles. The van der Waals surface area contributed by atoms with Crippen LogP contribution in [0.5, 0.6) is 0 Å². The number of hydrogen-bond acceptors (Lipinski definition) is 3. The Morgan fingerprint density at radius 3 is 2.38 bits per heavy atom. The summed E-state index contributed by atoms with van der Waals surface area (Å²) in [4.78, 5) is 27.1. The van der Waals surface area contributed by atoms with Crippen LogP contribution in [0.2, 0.25) is 5.02 Å². The number of halogens is 2. The number of aliphatic carboxylic acids is 1. The summed E-state index contributed by atoms with van der Waals surface area (Å²) < 4.78 is 14.6. The van der Waals surface area contributed by atoms with Crippen LogP contribution in [0.3, 0.4) is 0 Å². The summed E-state index contributed by atoms with van der Waals surface area (Å²) in [6, 6.07) is 18.4. The quantitative estimate of drug-likeness (QED) is 0.575. The third-order valence-corrected chi connectivity index (χ3v) is 6.08. The van der Waals surface area contributed by atoms with Gasteiger partial charge in [-0.2, -0.15) is 5.26 Å². The van der Waals surface area contributed by atoms with Crippen molar-refractivity contribution in [1.82, 2.24) is 4.90 Å². The summed E-state index contributed by atoms with van der Waals surface area (Å²) in [5, 5.41) is 19.9. The molecule has 1 saturated heterocycles. The first-order chi connectivity index (χ1) is 15.4. The average molecular weight is 449 g/mol. The van der Waals surface area contributed by atoms with E-state index < -0.39 is 35.3 Å². The van der Waals surface area contributed by atoms with Gasteiger partial charge in [-0.15, -0.1) is 0 Å². The molecule has 4 rings (SSSR count). The number of benzene rings is 3. The Morgan fingerprint density at radius 1 is 1.03 bits per heavy atom. The second kappa shape index (κ2) is 8.81. The molecule has 1 aliphatic heterocycles. The van der Waals surface area contributed by atoms with Crippen molar-refractivity contribution in [2.24, 2.45) is 0 Å². The number of carboxylic acids is 1. The van der Waals surface area contributed by atoms with Gasteiger partial charge in [0.2, 0.25) is 0 Å². The van der Waals surface area contributed by atoms with Crippen molar-refractivity contribution in [3.63, 3.8) is 0 Å². The van der Waals surface area contributed by atoms with Crippen LogP contribution in [0.4, 0.5) is 4.39 Å². The Hall–Kier alpha value is -3.69. The minimum Gasteiger partial charge on any atom is -0.480 e. The lowest BCUT2D eigenvalue weighted by Crippen LogP contribution is -2.42. The molecule has 0 radical (unpaired) electrons. The predicted octanol–water partition coefficient (Wildman–Crippen LogP) is 5.45. The summed E-state index contributed by atoms with van der Waals surface area (Å²) in [6.45, 7) is 0. The van der Waals surface area contributed by atoms with E-state index in [1.807, 2.05) is 0 Å². The molecule has 7 heteroatoms. The third-order valence-electron chi connectivity index (χ3n) is 5.73. The van der Waals surface area contributed by atoms with Gasteiger partial charge in [0, 0.05) is 5.02 Å². The second-order valence-corrected chi connectivity index (χ2v) is 7.91. The summed E-state index contributed by atoms with van der Waals surface area (Å²) in [5.74, 6) is -2.71. The van der Waals surface area contributed by atoms with Gasteiger partial charge in [-0.05, 0) is 41.7 Å². The molecule has 0 bridgehead atoms. The molecule has 160 valence electrons. The van der Waals surface area contributed by atoms with Gasteiger partial charge in [-0.3, -0.25) is 4.79 Å². The van der Waals surface area contributed by atoms with Crippen molar-refractivity contribution in [3.05, 3.63) is 94.3 Å². The fraction of sp³-hybridized carbons (Fsp3) is 0.160. The number of carboxylic acid groups (broad SMARTS) is 1. The molecule has 32 heavy (non-hydrogen) atoms. The minimum atomic E-state index is -1.16. The van der Waals surface area contributed by atoms with Crippen molar-refractivity contribution in [2.45, 2.75) is 24.9 Å². The molecule has 0 saturated carbocycles. The van der Waals surface area contributed by atoms with Crippen molar-refractivity contribution in [1.29, 1.82) is 5.26 Å². The fourth-order valence-electron chi connectivity index (χ4n) is 4.28. The molecule has 5 nitrogen and oxygen atoms in total. The van der Waals surface area contributed by atoms with E-state index >= 15 is 0 Å². The Morgan fingerprint density at radius 2 is 1.72 bits per heavy atom. The number of amides is 1. The van der Waals surface area contributed by atoms with Crippen LogP contribution in [0, 0.1) is 17.1 Å². The van der Waals surface area contributed by atoms with E-state index in [-0.39, 0.29) is 12.0 Å². The number of carbonyl (C=O) groups is 2. The maximum Gasteiger partial charge on any atom is 0.326 e. The predicted molar refractivity (Wildman–Crippen MR) is 118 cm³/mol. The van der Waals surface area contributed by atoms with Gasteiger partial charge >= 0.3 is 5.97 Å². The van der Waals surface area contributed by atoms with E-state index in [2.05, 4.69) is 0 Å². The van der Waals surface area contributed by atoms with Crippen LogP contribution < -0.4 is 0 Å². The van der Waals surface area contributed by atoms with E-state index in [0.29, 0.717) is 28.1 Å². The van der Waals surface area contributed by atoms with Gasteiger partial charge in [0.25, 0.3) is 5.91 Å². The summed E-state index contributed by atoms with van der Waals surface area (Å²) in [6.07, 6.45) is 0.596. The Labute approximate surface area is 189 Å².